The standard InChI is InChI=1S/C21H27ClN4O4S/c1-15-20(16(2)30-23-15)31(28,29)26-9-3-4-17(14-26)21(27)25-12-10-24(11-13-25)19-7-5-18(22)6-8-19/h5-8,17H,3-4,9-14H2,1-2H3. The molecule has 2 saturated heterocycles. The summed E-state index contributed by atoms with van der Waals surface area (Å²) in [4.78, 5) is 17.4. The van der Waals surface area contributed by atoms with Crippen molar-refractivity contribution < 1.29 is 17.7 Å². The van der Waals surface area contributed by atoms with Gasteiger partial charge in [0.2, 0.25) is 15.9 Å². The van der Waals surface area contributed by atoms with Gasteiger partial charge in [0.05, 0.1) is 5.92 Å². The molecule has 2 aromatic rings. The van der Waals surface area contributed by atoms with Crippen LogP contribution in [0.3, 0.4) is 0 Å². The predicted molar refractivity (Wildman–Crippen MR) is 118 cm³/mol. The minimum Gasteiger partial charge on any atom is -0.368 e. The average molecular weight is 467 g/mol. The lowest BCUT2D eigenvalue weighted by Crippen LogP contribution is -2.53. The number of carbonyl (C=O) groups is 1. The van der Waals surface area contributed by atoms with Crippen molar-refractivity contribution in [1.29, 1.82) is 0 Å². The Bertz CT molecular complexity index is 1030. The summed E-state index contributed by atoms with van der Waals surface area (Å²) in [7, 11) is -3.74. The average Bonchev–Trinajstić information content (AvgIpc) is 3.12. The Morgan fingerprint density at radius 3 is 2.39 bits per heavy atom. The lowest BCUT2D eigenvalue weighted by atomic mass is 9.97. The minimum absolute atomic E-state index is 0.0365. The third kappa shape index (κ3) is 4.44. The summed E-state index contributed by atoms with van der Waals surface area (Å²) >= 11 is 5.97. The van der Waals surface area contributed by atoms with Crippen LogP contribution in [-0.2, 0) is 14.8 Å². The fourth-order valence-corrected chi connectivity index (χ4v) is 6.37. The molecular weight excluding hydrogens is 440 g/mol. The third-order valence-corrected chi connectivity index (χ3v) is 8.44. The SMILES string of the molecule is Cc1noc(C)c1S(=O)(=O)N1CCCC(C(=O)N2CCN(c3ccc(Cl)cc3)CC2)C1. The molecule has 10 heteroatoms. The molecular formula is C21H27ClN4O4S. The van der Waals surface area contributed by atoms with E-state index in [1.165, 1.54) is 4.31 Å². The van der Waals surface area contributed by atoms with Crippen molar-refractivity contribution >= 4 is 33.2 Å². The number of halogens is 1. The largest absolute Gasteiger partial charge is 0.368 e. The van der Waals surface area contributed by atoms with E-state index >= 15 is 0 Å². The highest BCUT2D eigenvalue weighted by molar-refractivity contribution is 7.89. The molecule has 31 heavy (non-hydrogen) atoms. The monoisotopic (exact) mass is 466 g/mol. The summed E-state index contributed by atoms with van der Waals surface area (Å²) < 4.78 is 32.8. The summed E-state index contributed by atoms with van der Waals surface area (Å²) in [6.07, 6.45) is 1.35. The van der Waals surface area contributed by atoms with Gasteiger partial charge in [-0.1, -0.05) is 16.8 Å². The molecule has 1 unspecified atom stereocenters. The summed E-state index contributed by atoms with van der Waals surface area (Å²) in [6, 6.07) is 7.70. The van der Waals surface area contributed by atoms with Crippen molar-refractivity contribution in [3.8, 4) is 0 Å². The number of rotatable bonds is 4. The Morgan fingerprint density at radius 1 is 1.10 bits per heavy atom. The van der Waals surface area contributed by atoms with Crippen LogP contribution in [0.15, 0.2) is 33.7 Å². The maximum absolute atomic E-state index is 13.2. The maximum atomic E-state index is 13.2. The molecule has 3 heterocycles. The molecule has 0 aliphatic carbocycles. The molecule has 0 spiro atoms. The number of anilines is 1. The second-order valence-corrected chi connectivity index (χ2v) is 10.5. The van der Waals surface area contributed by atoms with Gasteiger partial charge in [-0.3, -0.25) is 4.79 Å². The van der Waals surface area contributed by atoms with Gasteiger partial charge in [0.25, 0.3) is 0 Å². The quantitative estimate of drug-likeness (QED) is 0.688. The number of nitrogens with zero attached hydrogens (tertiary/aromatic N) is 4. The minimum atomic E-state index is -3.74. The van der Waals surface area contributed by atoms with E-state index in [9.17, 15) is 13.2 Å². The number of piperazine rings is 1. The Balaban J connectivity index is 1.40. The molecule has 0 N–H and O–H groups in total. The molecule has 0 saturated carbocycles. The fraction of sp³-hybridized carbons (Fsp3) is 0.524. The highest BCUT2D eigenvalue weighted by atomic mass is 35.5. The van der Waals surface area contributed by atoms with Crippen LogP contribution in [-0.4, -0.2) is 68.0 Å². The highest BCUT2D eigenvalue weighted by Gasteiger charge is 2.38. The lowest BCUT2D eigenvalue weighted by molar-refractivity contribution is -0.137. The number of piperidine rings is 1. The van der Waals surface area contributed by atoms with Crippen molar-refractivity contribution in [1.82, 2.24) is 14.4 Å². The summed E-state index contributed by atoms with van der Waals surface area (Å²) in [5.41, 5.74) is 1.44. The first kappa shape index (κ1) is 22.1. The topological polar surface area (TPSA) is 87.0 Å². The van der Waals surface area contributed by atoms with Gasteiger partial charge in [0, 0.05) is 50.0 Å². The number of aryl methyl sites for hydroxylation is 2. The van der Waals surface area contributed by atoms with E-state index in [1.54, 1.807) is 13.8 Å². The first-order valence-corrected chi connectivity index (χ1v) is 12.3. The van der Waals surface area contributed by atoms with Gasteiger partial charge in [-0.25, -0.2) is 8.42 Å². The van der Waals surface area contributed by atoms with E-state index in [-0.39, 0.29) is 29.0 Å². The van der Waals surface area contributed by atoms with Gasteiger partial charge in [-0.15, -0.1) is 0 Å². The van der Waals surface area contributed by atoms with E-state index in [4.69, 9.17) is 16.1 Å². The number of hydrogen-bond donors (Lipinski definition) is 0. The van der Waals surface area contributed by atoms with Crippen molar-refractivity contribution in [3.63, 3.8) is 0 Å². The molecule has 2 fully saturated rings. The Morgan fingerprint density at radius 2 is 1.77 bits per heavy atom. The summed E-state index contributed by atoms with van der Waals surface area (Å²) in [5.74, 6) is -0.00947. The van der Waals surface area contributed by atoms with Crippen LogP contribution in [0.5, 0.6) is 0 Å². The predicted octanol–water partition coefficient (Wildman–Crippen LogP) is 2.69. The number of benzene rings is 1. The molecule has 4 rings (SSSR count). The second-order valence-electron chi connectivity index (χ2n) is 8.14. The molecule has 168 valence electrons. The van der Waals surface area contributed by atoms with Crippen molar-refractivity contribution in [2.45, 2.75) is 31.6 Å². The van der Waals surface area contributed by atoms with E-state index in [2.05, 4.69) is 10.1 Å². The van der Waals surface area contributed by atoms with Crippen LogP contribution >= 0.6 is 11.6 Å². The van der Waals surface area contributed by atoms with Crippen molar-refractivity contribution in [2.75, 3.05) is 44.2 Å². The van der Waals surface area contributed by atoms with Gasteiger partial charge in [-0.05, 0) is 51.0 Å². The van der Waals surface area contributed by atoms with Gasteiger partial charge >= 0.3 is 0 Å². The van der Waals surface area contributed by atoms with Crippen LogP contribution < -0.4 is 4.90 Å². The van der Waals surface area contributed by atoms with E-state index in [0.29, 0.717) is 43.2 Å². The smallest absolute Gasteiger partial charge is 0.248 e. The van der Waals surface area contributed by atoms with Crippen molar-refractivity contribution in [3.05, 3.63) is 40.7 Å². The van der Waals surface area contributed by atoms with E-state index in [1.807, 2.05) is 29.2 Å². The molecule has 0 bridgehead atoms. The van der Waals surface area contributed by atoms with E-state index in [0.717, 1.165) is 18.8 Å². The van der Waals surface area contributed by atoms with Crippen LogP contribution in [0.2, 0.25) is 5.02 Å². The lowest BCUT2D eigenvalue weighted by Gasteiger charge is -2.39. The fourth-order valence-electron chi connectivity index (χ4n) is 4.43. The zero-order chi connectivity index (χ0) is 22.2. The molecule has 2 aliphatic rings. The molecule has 0 radical (unpaired) electrons. The number of hydrogen-bond acceptors (Lipinski definition) is 6. The zero-order valence-corrected chi connectivity index (χ0v) is 19.3. The number of aromatic nitrogens is 1. The first-order valence-electron chi connectivity index (χ1n) is 10.5. The first-order chi connectivity index (χ1) is 14.8. The summed E-state index contributed by atoms with van der Waals surface area (Å²) in [5, 5.41) is 4.47. The van der Waals surface area contributed by atoms with Crippen molar-refractivity contribution in [2.24, 2.45) is 5.92 Å². The Labute approximate surface area is 187 Å². The number of amides is 1. The highest BCUT2D eigenvalue weighted by Crippen LogP contribution is 2.29. The third-order valence-electron chi connectivity index (χ3n) is 6.08. The van der Waals surface area contributed by atoms with Crippen LogP contribution in [0.1, 0.15) is 24.3 Å². The van der Waals surface area contributed by atoms with Crippen LogP contribution in [0.25, 0.3) is 0 Å². The maximum Gasteiger partial charge on any atom is 0.248 e. The van der Waals surface area contributed by atoms with Gasteiger partial charge < -0.3 is 14.3 Å². The number of carbonyl (C=O) groups excluding carboxylic acids is 1. The normalized spacial score (nSPS) is 20.8. The van der Waals surface area contributed by atoms with Crippen LogP contribution in [0.4, 0.5) is 5.69 Å². The molecule has 1 aromatic heterocycles. The molecule has 1 atom stereocenters. The molecule has 1 aromatic carbocycles. The Hall–Kier alpha value is -2.10. The Kier molecular flexibility index (Phi) is 6.27. The van der Waals surface area contributed by atoms with Gasteiger partial charge in [0.15, 0.2) is 5.76 Å². The van der Waals surface area contributed by atoms with Gasteiger partial charge in [-0.2, -0.15) is 4.31 Å². The molecule has 2 aliphatic heterocycles. The van der Waals surface area contributed by atoms with Gasteiger partial charge in [0.1, 0.15) is 10.6 Å². The van der Waals surface area contributed by atoms with E-state index < -0.39 is 10.0 Å². The number of sulfonamides is 1. The summed E-state index contributed by atoms with van der Waals surface area (Å²) in [6.45, 7) is 6.53. The molecule has 1 amide bonds. The van der Waals surface area contributed by atoms with Crippen LogP contribution in [0, 0.1) is 19.8 Å². The zero-order valence-electron chi connectivity index (χ0n) is 17.8. The second kappa shape index (κ2) is 8.80. The molecule has 8 nitrogen and oxygen atoms in total.